The molecule has 4 nitrogen and oxygen atoms in total. The van der Waals surface area contributed by atoms with Crippen LogP contribution < -0.4 is 4.90 Å². The molecule has 0 bridgehead atoms. The van der Waals surface area contributed by atoms with Crippen LogP contribution in [0.15, 0.2) is 54.6 Å². The van der Waals surface area contributed by atoms with Gasteiger partial charge in [-0.2, -0.15) is 0 Å². The van der Waals surface area contributed by atoms with Gasteiger partial charge in [0.25, 0.3) is 0 Å². The summed E-state index contributed by atoms with van der Waals surface area (Å²) in [6.45, 7) is 4.66. The molecule has 0 radical (unpaired) electrons. The standard InChI is InChI=1S/C20H20N2O2/c1-3-21(16-9-5-4-6-10-16)20(24)13-22-15(2)18(14-23)17-11-7-8-12-19(17)22/h4-12,14H,3,13H2,1-2H3. The van der Waals surface area contributed by atoms with E-state index < -0.39 is 0 Å². The summed E-state index contributed by atoms with van der Waals surface area (Å²) < 4.78 is 1.92. The Bertz CT molecular complexity index is 881. The molecule has 0 spiro atoms. The quantitative estimate of drug-likeness (QED) is 0.671. The van der Waals surface area contributed by atoms with Gasteiger partial charge >= 0.3 is 0 Å². The van der Waals surface area contributed by atoms with Crippen molar-refractivity contribution >= 4 is 28.8 Å². The Morgan fingerprint density at radius 2 is 1.75 bits per heavy atom. The number of rotatable bonds is 5. The lowest BCUT2D eigenvalue weighted by molar-refractivity contribution is -0.119. The van der Waals surface area contributed by atoms with E-state index in [2.05, 4.69) is 0 Å². The van der Waals surface area contributed by atoms with Crippen molar-refractivity contribution in [3.8, 4) is 0 Å². The van der Waals surface area contributed by atoms with E-state index in [9.17, 15) is 9.59 Å². The fourth-order valence-electron chi connectivity index (χ4n) is 3.14. The molecule has 1 heterocycles. The number of carbonyl (C=O) groups is 2. The molecule has 0 N–H and O–H groups in total. The topological polar surface area (TPSA) is 42.3 Å². The fraction of sp³-hybridized carbons (Fsp3) is 0.200. The van der Waals surface area contributed by atoms with Crippen molar-refractivity contribution in [2.45, 2.75) is 20.4 Å². The van der Waals surface area contributed by atoms with Crippen molar-refractivity contribution in [3.05, 3.63) is 65.9 Å². The lowest BCUT2D eigenvalue weighted by atomic mass is 10.1. The van der Waals surface area contributed by atoms with Crippen LogP contribution >= 0.6 is 0 Å². The molecule has 0 aliphatic carbocycles. The van der Waals surface area contributed by atoms with Crippen molar-refractivity contribution in [1.29, 1.82) is 0 Å². The third-order valence-corrected chi connectivity index (χ3v) is 4.38. The van der Waals surface area contributed by atoms with E-state index in [0.29, 0.717) is 12.1 Å². The Labute approximate surface area is 141 Å². The second-order valence-electron chi connectivity index (χ2n) is 5.69. The van der Waals surface area contributed by atoms with E-state index in [4.69, 9.17) is 0 Å². The van der Waals surface area contributed by atoms with E-state index in [1.807, 2.05) is 73.0 Å². The molecule has 2 aromatic carbocycles. The van der Waals surface area contributed by atoms with E-state index in [1.165, 1.54) is 0 Å². The van der Waals surface area contributed by atoms with Gasteiger partial charge < -0.3 is 9.47 Å². The molecule has 0 saturated carbocycles. The largest absolute Gasteiger partial charge is 0.335 e. The molecule has 0 atom stereocenters. The van der Waals surface area contributed by atoms with Crippen molar-refractivity contribution in [2.75, 3.05) is 11.4 Å². The number of nitrogens with zero attached hydrogens (tertiary/aromatic N) is 2. The van der Waals surface area contributed by atoms with Crippen LogP contribution in [0.25, 0.3) is 10.9 Å². The number of likely N-dealkylation sites (N-methyl/N-ethyl adjacent to an activating group) is 1. The number of amides is 1. The molecule has 0 unspecified atom stereocenters. The second kappa shape index (κ2) is 6.71. The first-order chi connectivity index (χ1) is 11.7. The van der Waals surface area contributed by atoms with Crippen molar-refractivity contribution < 1.29 is 9.59 Å². The summed E-state index contributed by atoms with van der Waals surface area (Å²) in [6.07, 6.45) is 0.868. The van der Waals surface area contributed by atoms with E-state index in [1.54, 1.807) is 4.90 Å². The Morgan fingerprint density at radius 3 is 2.42 bits per heavy atom. The first-order valence-corrected chi connectivity index (χ1v) is 8.05. The maximum Gasteiger partial charge on any atom is 0.246 e. The van der Waals surface area contributed by atoms with Gasteiger partial charge in [0.1, 0.15) is 6.54 Å². The molecule has 3 rings (SSSR count). The minimum atomic E-state index is 0.00463. The summed E-state index contributed by atoms with van der Waals surface area (Å²) in [5.41, 5.74) is 3.27. The monoisotopic (exact) mass is 320 g/mol. The number of fused-ring (bicyclic) bond motifs is 1. The third kappa shape index (κ3) is 2.71. The maximum atomic E-state index is 12.9. The molecule has 0 fully saturated rings. The second-order valence-corrected chi connectivity index (χ2v) is 5.69. The van der Waals surface area contributed by atoms with Crippen LogP contribution in [0, 0.1) is 6.92 Å². The third-order valence-electron chi connectivity index (χ3n) is 4.38. The average molecular weight is 320 g/mol. The number of anilines is 1. The first kappa shape index (κ1) is 16.0. The van der Waals surface area contributed by atoms with E-state index in [0.717, 1.165) is 28.6 Å². The van der Waals surface area contributed by atoms with E-state index >= 15 is 0 Å². The van der Waals surface area contributed by atoms with Crippen LogP contribution in [0.4, 0.5) is 5.69 Å². The van der Waals surface area contributed by atoms with Gasteiger partial charge in [-0.3, -0.25) is 9.59 Å². The molecule has 122 valence electrons. The minimum Gasteiger partial charge on any atom is -0.335 e. The zero-order chi connectivity index (χ0) is 17.1. The summed E-state index contributed by atoms with van der Waals surface area (Å²) in [6, 6.07) is 17.3. The molecule has 24 heavy (non-hydrogen) atoms. The van der Waals surface area contributed by atoms with Gasteiger partial charge in [-0.05, 0) is 32.0 Å². The summed E-state index contributed by atoms with van der Waals surface area (Å²) in [7, 11) is 0. The summed E-state index contributed by atoms with van der Waals surface area (Å²) >= 11 is 0. The predicted molar refractivity (Wildman–Crippen MR) is 96.5 cm³/mol. The Hall–Kier alpha value is -2.88. The SMILES string of the molecule is CCN(C(=O)Cn1c(C)c(C=O)c2ccccc21)c1ccccc1. The Kier molecular flexibility index (Phi) is 4.47. The number of aromatic nitrogens is 1. The molecular formula is C20H20N2O2. The van der Waals surface area contributed by atoms with Crippen LogP contribution in [0.3, 0.4) is 0 Å². The molecular weight excluding hydrogens is 300 g/mol. The number of hydrogen-bond acceptors (Lipinski definition) is 2. The fourth-order valence-corrected chi connectivity index (χ4v) is 3.14. The highest BCUT2D eigenvalue weighted by molar-refractivity contribution is 6.01. The normalized spacial score (nSPS) is 10.8. The molecule has 0 aliphatic heterocycles. The number of para-hydroxylation sites is 2. The van der Waals surface area contributed by atoms with Gasteiger partial charge in [0.05, 0.1) is 0 Å². The van der Waals surface area contributed by atoms with Crippen LogP contribution in [-0.2, 0) is 11.3 Å². The molecule has 0 saturated heterocycles. The molecule has 0 aliphatic rings. The molecule has 3 aromatic rings. The maximum absolute atomic E-state index is 12.9. The van der Waals surface area contributed by atoms with Crippen LogP contribution in [0.2, 0.25) is 0 Å². The van der Waals surface area contributed by atoms with Crippen molar-refractivity contribution in [3.63, 3.8) is 0 Å². The first-order valence-electron chi connectivity index (χ1n) is 8.05. The summed E-state index contributed by atoms with van der Waals surface area (Å²) in [5.74, 6) is 0.00463. The van der Waals surface area contributed by atoms with Crippen LogP contribution in [-0.4, -0.2) is 23.3 Å². The highest BCUT2D eigenvalue weighted by Crippen LogP contribution is 2.25. The van der Waals surface area contributed by atoms with Gasteiger partial charge in [-0.15, -0.1) is 0 Å². The van der Waals surface area contributed by atoms with Gasteiger partial charge in [0, 0.05) is 34.4 Å². The van der Waals surface area contributed by atoms with Crippen molar-refractivity contribution in [1.82, 2.24) is 4.57 Å². The van der Waals surface area contributed by atoms with E-state index in [-0.39, 0.29) is 12.5 Å². The van der Waals surface area contributed by atoms with Gasteiger partial charge in [0.15, 0.2) is 6.29 Å². The Balaban J connectivity index is 1.99. The van der Waals surface area contributed by atoms with Crippen LogP contribution in [0.5, 0.6) is 0 Å². The number of carbonyl (C=O) groups excluding carboxylic acids is 2. The van der Waals surface area contributed by atoms with Gasteiger partial charge in [0.2, 0.25) is 5.91 Å². The highest BCUT2D eigenvalue weighted by atomic mass is 16.2. The lowest BCUT2D eigenvalue weighted by Crippen LogP contribution is -2.33. The Morgan fingerprint density at radius 1 is 1.08 bits per heavy atom. The van der Waals surface area contributed by atoms with Gasteiger partial charge in [-0.1, -0.05) is 36.4 Å². The number of hydrogen-bond donors (Lipinski definition) is 0. The highest BCUT2D eigenvalue weighted by Gasteiger charge is 2.19. The minimum absolute atomic E-state index is 0.00463. The van der Waals surface area contributed by atoms with Crippen molar-refractivity contribution in [2.24, 2.45) is 0 Å². The average Bonchev–Trinajstić information content (AvgIpc) is 2.88. The molecule has 4 heteroatoms. The van der Waals surface area contributed by atoms with Gasteiger partial charge in [-0.25, -0.2) is 0 Å². The number of aldehydes is 1. The van der Waals surface area contributed by atoms with Crippen LogP contribution in [0.1, 0.15) is 23.0 Å². The predicted octanol–water partition coefficient (Wildman–Crippen LogP) is 3.82. The zero-order valence-electron chi connectivity index (χ0n) is 13.9. The lowest BCUT2D eigenvalue weighted by Gasteiger charge is -2.22. The smallest absolute Gasteiger partial charge is 0.246 e. The zero-order valence-corrected chi connectivity index (χ0v) is 13.9. The number of benzene rings is 2. The summed E-state index contributed by atoms with van der Waals surface area (Å²) in [4.78, 5) is 26.1. The molecule has 1 amide bonds. The molecule has 1 aromatic heterocycles. The summed E-state index contributed by atoms with van der Waals surface area (Å²) in [5, 5.41) is 0.889.